The number of nitrogens with zero attached hydrogens (tertiary/aromatic N) is 1. The monoisotopic (exact) mass is 821 g/mol. The minimum Gasteiger partial charge on any atom is -0.477 e. The number of unbranched alkanes of at least 4 members (excludes halogenated alkanes) is 26. The molecule has 340 valence electrons. The van der Waals surface area contributed by atoms with Crippen molar-refractivity contribution in [2.45, 2.75) is 238 Å². The molecule has 0 aliphatic heterocycles. The molecule has 0 aromatic rings. The van der Waals surface area contributed by atoms with Gasteiger partial charge in [-0.15, -0.1) is 0 Å². The Morgan fingerprint density at radius 3 is 1.40 bits per heavy atom. The topological polar surface area (TPSA) is 99.1 Å². The summed E-state index contributed by atoms with van der Waals surface area (Å²) < 4.78 is 17.2. The van der Waals surface area contributed by atoms with Crippen molar-refractivity contribution in [3.8, 4) is 0 Å². The molecular formula is C50H94NO7+. The molecule has 8 heteroatoms. The van der Waals surface area contributed by atoms with Crippen LogP contribution in [0.15, 0.2) is 24.3 Å². The van der Waals surface area contributed by atoms with Gasteiger partial charge in [0.15, 0.2) is 12.1 Å². The van der Waals surface area contributed by atoms with Crippen LogP contribution < -0.4 is 0 Å². The molecule has 0 radical (unpaired) electrons. The second-order valence-electron chi connectivity index (χ2n) is 17.7. The van der Waals surface area contributed by atoms with Crippen molar-refractivity contribution >= 4 is 17.9 Å². The molecule has 2 atom stereocenters. The molecule has 0 aliphatic carbocycles. The molecule has 0 spiro atoms. The number of hydrogen-bond donors (Lipinski definition) is 1. The molecule has 0 heterocycles. The molecule has 1 N–H and O–H groups in total. The van der Waals surface area contributed by atoms with E-state index in [1.54, 1.807) is 0 Å². The number of quaternary nitrogens is 1. The Kier molecular flexibility index (Phi) is 40.0. The van der Waals surface area contributed by atoms with Gasteiger partial charge in [-0.25, -0.2) is 4.79 Å². The number of esters is 2. The number of carbonyl (C=O) groups excluding carboxylic acids is 2. The average Bonchev–Trinajstić information content (AvgIpc) is 3.18. The highest BCUT2D eigenvalue weighted by atomic mass is 16.6. The van der Waals surface area contributed by atoms with E-state index in [1.807, 2.05) is 27.2 Å². The summed E-state index contributed by atoms with van der Waals surface area (Å²) in [4.78, 5) is 37.0. The third-order valence-corrected chi connectivity index (χ3v) is 11.1. The number of aliphatic carboxylic acids is 1. The normalized spacial score (nSPS) is 13.1. The maximum Gasteiger partial charge on any atom is 0.362 e. The minimum absolute atomic E-state index is 0.0428. The van der Waals surface area contributed by atoms with Gasteiger partial charge in [0.2, 0.25) is 0 Å². The Morgan fingerprint density at radius 1 is 0.517 bits per heavy atom. The van der Waals surface area contributed by atoms with Crippen LogP contribution in [-0.2, 0) is 28.6 Å². The van der Waals surface area contributed by atoms with Gasteiger partial charge in [0, 0.05) is 19.3 Å². The molecule has 8 nitrogen and oxygen atoms in total. The van der Waals surface area contributed by atoms with E-state index in [1.165, 1.54) is 154 Å². The number of carboxylic acids is 1. The number of hydrogen-bond acceptors (Lipinski definition) is 6. The summed E-state index contributed by atoms with van der Waals surface area (Å²) in [6.45, 7) is 4.70. The molecule has 0 amide bonds. The van der Waals surface area contributed by atoms with Gasteiger partial charge in [-0.2, -0.15) is 0 Å². The molecule has 0 saturated carbocycles. The first-order valence-electron chi connectivity index (χ1n) is 24.4. The Balaban J connectivity index is 4.24. The largest absolute Gasteiger partial charge is 0.477 e. The summed E-state index contributed by atoms with van der Waals surface area (Å²) in [6, 6.07) is -0.620. The lowest BCUT2D eigenvalue weighted by atomic mass is 10.0. The highest BCUT2D eigenvalue weighted by molar-refractivity contribution is 5.72. The van der Waals surface area contributed by atoms with Crippen molar-refractivity contribution in [2.75, 3.05) is 41.0 Å². The van der Waals surface area contributed by atoms with Crippen LogP contribution in [0, 0.1) is 0 Å². The van der Waals surface area contributed by atoms with Crippen LogP contribution in [0.1, 0.15) is 226 Å². The van der Waals surface area contributed by atoms with Gasteiger partial charge in [-0.3, -0.25) is 9.59 Å². The molecule has 58 heavy (non-hydrogen) atoms. The van der Waals surface area contributed by atoms with E-state index in [9.17, 15) is 19.5 Å². The van der Waals surface area contributed by atoms with Crippen molar-refractivity contribution in [3.63, 3.8) is 0 Å². The van der Waals surface area contributed by atoms with Gasteiger partial charge in [0.25, 0.3) is 0 Å². The molecular weight excluding hydrogens is 727 g/mol. The van der Waals surface area contributed by atoms with E-state index in [0.29, 0.717) is 19.3 Å². The molecule has 0 bridgehead atoms. The van der Waals surface area contributed by atoms with Crippen LogP contribution >= 0.6 is 0 Å². The van der Waals surface area contributed by atoms with Crippen LogP contribution in [0.5, 0.6) is 0 Å². The molecule has 0 aromatic heterocycles. The van der Waals surface area contributed by atoms with E-state index in [0.717, 1.165) is 32.1 Å². The predicted octanol–water partition coefficient (Wildman–Crippen LogP) is 13.6. The van der Waals surface area contributed by atoms with E-state index >= 15 is 0 Å². The van der Waals surface area contributed by atoms with Crippen LogP contribution in [0.3, 0.4) is 0 Å². The summed E-state index contributed by atoms with van der Waals surface area (Å²) in [5.74, 6) is -1.54. The van der Waals surface area contributed by atoms with Crippen molar-refractivity contribution < 1.29 is 38.2 Å². The SMILES string of the molecule is CCCCCCCC/C=C/C/C=C/CCC(=O)OC(COCCC(C(=O)O)[N+](C)(C)C)COC(=O)CCCCCCCCCCCCCCCCCCCCCCC. The number of carbonyl (C=O) groups is 3. The van der Waals surface area contributed by atoms with Crippen LogP contribution in [0.25, 0.3) is 0 Å². The van der Waals surface area contributed by atoms with E-state index in [4.69, 9.17) is 14.2 Å². The van der Waals surface area contributed by atoms with Crippen molar-refractivity contribution in [1.82, 2.24) is 0 Å². The number of allylic oxidation sites excluding steroid dienone is 4. The van der Waals surface area contributed by atoms with E-state index in [-0.39, 0.29) is 42.7 Å². The lowest BCUT2D eigenvalue weighted by molar-refractivity contribution is -0.887. The van der Waals surface area contributed by atoms with Crippen LogP contribution in [-0.4, -0.2) is 80.6 Å². The average molecular weight is 821 g/mol. The summed E-state index contributed by atoms with van der Waals surface area (Å²) in [5, 5.41) is 9.62. The van der Waals surface area contributed by atoms with E-state index in [2.05, 4.69) is 32.1 Å². The Hall–Kier alpha value is -2.19. The van der Waals surface area contributed by atoms with Crippen molar-refractivity contribution in [1.29, 1.82) is 0 Å². The molecule has 2 unspecified atom stereocenters. The number of likely N-dealkylation sites (N-methyl/N-ethyl adjacent to an activating group) is 1. The van der Waals surface area contributed by atoms with Gasteiger partial charge in [-0.1, -0.05) is 199 Å². The van der Waals surface area contributed by atoms with Gasteiger partial charge in [0.05, 0.1) is 34.4 Å². The molecule has 0 rings (SSSR count). The Bertz CT molecular complexity index is 1000. The zero-order chi connectivity index (χ0) is 42.8. The third kappa shape index (κ3) is 39.3. The molecule has 0 aliphatic rings. The quantitative estimate of drug-likeness (QED) is 0.0283. The Labute approximate surface area is 358 Å². The standard InChI is InChI=1S/C50H93NO7/c1-6-8-10-12-14-16-18-20-21-22-23-24-25-26-27-29-30-32-34-36-38-40-48(52)57-45-46(44-56-43-42-47(50(54)55)51(3,4)5)58-49(53)41-39-37-35-33-31-28-19-17-15-13-11-9-7-2/h28,31,35,37,46-47H,6-27,29-30,32-34,36,38-45H2,1-5H3/p+1/b31-28+,37-35+. The fraction of sp³-hybridized carbons (Fsp3) is 0.860. The molecule has 0 saturated heterocycles. The van der Waals surface area contributed by atoms with Gasteiger partial charge < -0.3 is 23.8 Å². The Morgan fingerprint density at radius 2 is 0.948 bits per heavy atom. The highest BCUT2D eigenvalue weighted by Gasteiger charge is 2.31. The summed E-state index contributed by atoms with van der Waals surface area (Å²) in [7, 11) is 5.52. The van der Waals surface area contributed by atoms with E-state index < -0.39 is 18.1 Å². The second kappa shape index (κ2) is 41.5. The van der Waals surface area contributed by atoms with Crippen molar-refractivity contribution in [3.05, 3.63) is 24.3 Å². The first kappa shape index (κ1) is 55.8. The maximum atomic E-state index is 12.7. The summed E-state index contributed by atoms with van der Waals surface area (Å²) >= 11 is 0. The summed E-state index contributed by atoms with van der Waals surface area (Å²) in [6.07, 6.45) is 46.8. The first-order valence-corrected chi connectivity index (χ1v) is 24.4. The van der Waals surface area contributed by atoms with Crippen molar-refractivity contribution in [2.24, 2.45) is 0 Å². The number of rotatable bonds is 44. The molecule has 0 fully saturated rings. The number of carboxylic acid groups (broad SMARTS) is 1. The van der Waals surface area contributed by atoms with Crippen LogP contribution in [0.2, 0.25) is 0 Å². The zero-order valence-corrected chi connectivity index (χ0v) is 38.8. The number of ether oxygens (including phenoxy) is 3. The first-order chi connectivity index (χ1) is 28.1. The third-order valence-electron chi connectivity index (χ3n) is 11.1. The smallest absolute Gasteiger partial charge is 0.362 e. The lowest BCUT2D eigenvalue weighted by Gasteiger charge is -2.31. The fourth-order valence-electron chi connectivity index (χ4n) is 7.32. The fourth-order valence-corrected chi connectivity index (χ4v) is 7.32. The minimum atomic E-state index is -0.880. The van der Waals surface area contributed by atoms with Gasteiger partial charge in [0.1, 0.15) is 6.61 Å². The lowest BCUT2D eigenvalue weighted by Crippen LogP contribution is -2.50. The zero-order valence-electron chi connectivity index (χ0n) is 38.8. The van der Waals surface area contributed by atoms with Crippen LogP contribution in [0.4, 0.5) is 0 Å². The van der Waals surface area contributed by atoms with Gasteiger partial charge >= 0.3 is 17.9 Å². The molecule has 0 aromatic carbocycles. The van der Waals surface area contributed by atoms with Gasteiger partial charge in [-0.05, 0) is 32.1 Å². The maximum absolute atomic E-state index is 12.7. The predicted molar refractivity (Wildman–Crippen MR) is 243 cm³/mol. The highest BCUT2D eigenvalue weighted by Crippen LogP contribution is 2.16. The second-order valence-corrected chi connectivity index (χ2v) is 17.7. The summed E-state index contributed by atoms with van der Waals surface area (Å²) in [5.41, 5.74) is 0.